The van der Waals surface area contributed by atoms with E-state index in [0.29, 0.717) is 40.5 Å². The Morgan fingerprint density at radius 2 is 1.89 bits per heavy atom. The van der Waals surface area contributed by atoms with Crippen LogP contribution in [0.15, 0.2) is 48.7 Å². The summed E-state index contributed by atoms with van der Waals surface area (Å²) >= 11 is 6.37. The molecule has 1 fully saturated rings. The zero-order valence-electron chi connectivity index (χ0n) is 21.4. The minimum Gasteiger partial charge on any atom is -0.494 e. The van der Waals surface area contributed by atoms with E-state index in [2.05, 4.69) is 25.5 Å². The van der Waals surface area contributed by atoms with Gasteiger partial charge >= 0.3 is 0 Å². The number of halogens is 1. The van der Waals surface area contributed by atoms with Crippen LogP contribution < -0.4 is 25.4 Å². The van der Waals surface area contributed by atoms with Crippen molar-refractivity contribution in [2.75, 3.05) is 70.5 Å². The lowest BCUT2D eigenvalue weighted by Gasteiger charge is -2.26. The van der Waals surface area contributed by atoms with Crippen LogP contribution in [-0.2, 0) is 9.30 Å². The van der Waals surface area contributed by atoms with Gasteiger partial charge in [0.05, 0.1) is 44.5 Å². The van der Waals surface area contributed by atoms with Crippen LogP contribution in [0, 0.1) is 0 Å². The zero-order valence-corrected chi connectivity index (χ0v) is 23.0. The average molecular weight is 546 g/mol. The summed E-state index contributed by atoms with van der Waals surface area (Å²) < 4.78 is 29.6. The van der Waals surface area contributed by atoms with E-state index in [1.807, 2.05) is 42.5 Å². The highest BCUT2D eigenvalue weighted by Gasteiger charge is 2.17. The number of ether oxygens (including phenoxy) is 3. The largest absolute Gasteiger partial charge is 0.494 e. The lowest BCUT2D eigenvalue weighted by molar-refractivity contribution is 0.0358. The molecule has 2 heterocycles. The fourth-order valence-electron chi connectivity index (χ4n) is 3.98. The minimum absolute atomic E-state index is 0.332. The first-order valence-corrected chi connectivity index (χ1v) is 15.1. The smallest absolute Gasteiger partial charge is 0.229 e. The molecule has 0 amide bonds. The number of anilines is 4. The molecule has 0 aliphatic carbocycles. The molecule has 2 aromatic carbocycles. The second-order valence-electron chi connectivity index (χ2n) is 9.03. The van der Waals surface area contributed by atoms with Crippen molar-refractivity contribution >= 4 is 47.2 Å². The molecule has 1 saturated heterocycles. The highest BCUT2D eigenvalue weighted by Crippen LogP contribution is 2.39. The number of hydrogen-bond acceptors (Lipinski definition) is 9. The van der Waals surface area contributed by atoms with E-state index >= 15 is 0 Å². The van der Waals surface area contributed by atoms with Gasteiger partial charge in [-0.05, 0) is 44.0 Å². The summed E-state index contributed by atoms with van der Waals surface area (Å²) in [6.45, 7) is 8.61. The molecule has 1 aromatic heterocycles. The molecule has 1 aliphatic heterocycles. The van der Waals surface area contributed by atoms with Crippen LogP contribution in [0.3, 0.4) is 0 Å². The van der Waals surface area contributed by atoms with E-state index in [1.54, 1.807) is 20.4 Å². The summed E-state index contributed by atoms with van der Waals surface area (Å²) in [6, 6.07) is 13.0. The molecule has 0 bridgehead atoms. The third-order valence-electron chi connectivity index (χ3n) is 5.89. The normalized spacial score (nSPS) is 14.3. The summed E-state index contributed by atoms with van der Waals surface area (Å²) in [6.07, 6.45) is 2.45. The number of rotatable bonds is 11. The van der Waals surface area contributed by atoms with Gasteiger partial charge in [0.15, 0.2) is 5.82 Å². The van der Waals surface area contributed by atoms with Crippen molar-refractivity contribution in [2.45, 2.75) is 6.42 Å². The molecule has 9 nitrogen and oxygen atoms in total. The van der Waals surface area contributed by atoms with Crippen LogP contribution in [0.4, 0.5) is 23.1 Å². The van der Waals surface area contributed by atoms with E-state index in [4.69, 9.17) is 25.8 Å². The van der Waals surface area contributed by atoms with Gasteiger partial charge in [-0.25, -0.2) is 4.98 Å². The average Bonchev–Trinajstić information content (AvgIpc) is 2.89. The van der Waals surface area contributed by atoms with E-state index in [9.17, 15) is 4.57 Å². The Morgan fingerprint density at radius 3 is 2.65 bits per heavy atom. The Kier molecular flexibility index (Phi) is 9.27. The molecule has 37 heavy (non-hydrogen) atoms. The maximum Gasteiger partial charge on any atom is 0.229 e. The summed E-state index contributed by atoms with van der Waals surface area (Å²) in [5.41, 5.74) is 1.37. The van der Waals surface area contributed by atoms with E-state index in [1.165, 1.54) is 6.20 Å². The van der Waals surface area contributed by atoms with Gasteiger partial charge < -0.3 is 29.4 Å². The van der Waals surface area contributed by atoms with Crippen molar-refractivity contribution in [3.8, 4) is 11.5 Å². The Hall–Kier alpha value is -2.84. The van der Waals surface area contributed by atoms with Crippen molar-refractivity contribution in [3.63, 3.8) is 0 Å². The Morgan fingerprint density at radius 1 is 1.11 bits per heavy atom. The van der Waals surface area contributed by atoms with Crippen molar-refractivity contribution in [3.05, 3.63) is 53.7 Å². The number of para-hydroxylation sites is 1. The van der Waals surface area contributed by atoms with Gasteiger partial charge in [0, 0.05) is 31.0 Å². The molecule has 11 heteroatoms. The number of nitrogens with zero attached hydrogens (tertiary/aromatic N) is 3. The van der Waals surface area contributed by atoms with Crippen molar-refractivity contribution < 1.29 is 18.8 Å². The molecular weight excluding hydrogens is 513 g/mol. The number of methoxy groups -OCH3 is 1. The molecule has 3 aromatic rings. The summed E-state index contributed by atoms with van der Waals surface area (Å²) in [4.78, 5) is 11.2. The SMILES string of the molecule is COc1cc(OCCCN2CCOCC2)ccc1Nc1ncc(Cl)c(Nc2ccccc2P(C)(C)=O)n1. The number of aromatic nitrogens is 2. The molecule has 0 radical (unpaired) electrons. The molecule has 0 atom stereocenters. The first kappa shape index (κ1) is 27.2. The zero-order chi connectivity index (χ0) is 26.3. The van der Waals surface area contributed by atoms with E-state index in [0.717, 1.165) is 50.3 Å². The lowest BCUT2D eigenvalue weighted by Crippen LogP contribution is -2.37. The molecule has 4 rings (SSSR count). The Bertz CT molecular complexity index is 1250. The summed E-state index contributed by atoms with van der Waals surface area (Å²) in [7, 11) is -0.908. The lowest BCUT2D eigenvalue weighted by atomic mass is 10.2. The molecule has 0 unspecified atom stereocenters. The molecule has 198 valence electrons. The maximum absolute atomic E-state index is 12.7. The predicted octanol–water partition coefficient (Wildman–Crippen LogP) is 4.97. The van der Waals surface area contributed by atoms with Gasteiger partial charge in [-0.1, -0.05) is 23.7 Å². The van der Waals surface area contributed by atoms with Crippen LogP contribution in [0.1, 0.15) is 6.42 Å². The number of hydrogen-bond donors (Lipinski definition) is 2. The second-order valence-corrected chi connectivity index (χ2v) is 12.6. The topological polar surface area (TPSA) is 97.8 Å². The van der Waals surface area contributed by atoms with Crippen molar-refractivity contribution in [2.24, 2.45) is 0 Å². The van der Waals surface area contributed by atoms with Crippen LogP contribution in [0.2, 0.25) is 5.02 Å². The van der Waals surface area contributed by atoms with Crippen molar-refractivity contribution in [1.29, 1.82) is 0 Å². The van der Waals surface area contributed by atoms with E-state index < -0.39 is 7.14 Å². The quantitative estimate of drug-likeness (QED) is 0.255. The Balaban J connectivity index is 1.41. The molecule has 0 saturated carbocycles. The van der Waals surface area contributed by atoms with Crippen LogP contribution in [0.25, 0.3) is 0 Å². The molecular formula is C26H33ClN5O4P. The molecule has 2 N–H and O–H groups in total. The third kappa shape index (κ3) is 7.58. The van der Waals surface area contributed by atoms with Gasteiger partial charge in [0.2, 0.25) is 5.95 Å². The Labute approximate surface area is 222 Å². The van der Waals surface area contributed by atoms with E-state index in [-0.39, 0.29) is 0 Å². The van der Waals surface area contributed by atoms with Gasteiger partial charge in [0.1, 0.15) is 23.7 Å². The third-order valence-corrected chi connectivity index (χ3v) is 7.72. The summed E-state index contributed by atoms with van der Waals surface area (Å²) in [5, 5.41) is 7.46. The fourth-order valence-corrected chi connectivity index (χ4v) is 5.27. The second kappa shape index (κ2) is 12.6. The monoisotopic (exact) mass is 545 g/mol. The fraction of sp³-hybridized carbons (Fsp3) is 0.385. The summed E-state index contributed by atoms with van der Waals surface area (Å²) in [5.74, 6) is 2.06. The number of morpholine rings is 1. The van der Waals surface area contributed by atoms with Crippen LogP contribution in [0.5, 0.6) is 11.5 Å². The first-order valence-electron chi connectivity index (χ1n) is 12.2. The molecule has 1 aliphatic rings. The highest BCUT2D eigenvalue weighted by atomic mass is 35.5. The van der Waals surface area contributed by atoms with Gasteiger partial charge in [-0.15, -0.1) is 0 Å². The first-order chi connectivity index (χ1) is 17.8. The molecule has 0 spiro atoms. The maximum atomic E-state index is 12.7. The van der Waals surface area contributed by atoms with Gasteiger partial charge in [-0.3, -0.25) is 4.90 Å². The van der Waals surface area contributed by atoms with Gasteiger partial charge in [-0.2, -0.15) is 4.98 Å². The van der Waals surface area contributed by atoms with Crippen molar-refractivity contribution in [1.82, 2.24) is 14.9 Å². The minimum atomic E-state index is -2.51. The van der Waals surface area contributed by atoms with Gasteiger partial charge in [0.25, 0.3) is 0 Å². The van der Waals surface area contributed by atoms with Crippen LogP contribution in [-0.4, -0.2) is 74.8 Å². The number of benzene rings is 2. The predicted molar refractivity (Wildman–Crippen MR) is 150 cm³/mol. The highest BCUT2D eigenvalue weighted by molar-refractivity contribution is 7.70. The standard InChI is InChI=1S/C26H33ClN5O4P/c1-34-23-17-19(36-14-6-11-32-12-15-35-16-13-32)9-10-21(23)30-26-28-18-20(27)25(31-26)29-22-7-4-5-8-24(22)37(2,3)33/h4-5,7-10,17-18H,6,11-16H2,1-3H3,(H2,28,29,30,31). The number of nitrogens with one attached hydrogen (secondary N) is 2. The van der Waals surface area contributed by atoms with Crippen LogP contribution >= 0.6 is 18.7 Å².